The number of benzene rings is 1. The monoisotopic (exact) mass is 295 g/mol. The summed E-state index contributed by atoms with van der Waals surface area (Å²) in [6.07, 6.45) is 7.70. The molecule has 0 aliphatic rings. The standard InChI is InChI=1S/C18H17NO3/c1-13-5-3-4-6-16(13)17(20)9-7-14-11-15(19(2)12-14)8-10-18(21)22/h3-12H,1-2H3,(H,21,22)/b9-7+,10-8+. The summed E-state index contributed by atoms with van der Waals surface area (Å²) in [5, 5.41) is 8.65. The molecule has 0 bridgehead atoms. The number of rotatable bonds is 5. The normalized spacial score (nSPS) is 11.4. The Hall–Kier alpha value is -2.88. The fourth-order valence-corrected chi connectivity index (χ4v) is 2.13. The first-order chi connectivity index (χ1) is 10.5. The average Bonchev–Trinajstić information content (AvgIpc) is 2.83. The maximum absolute atomic E-state index is 12.2. The molecule has 4 nitrogen and oxygen atoms in total. The van der Waals surface area contributed by atoms with Crippen LogP contribution in [0.25, 0.3) is 12.2 Å². The summed E-state index contributed by atoms with van der Waals surface area (Å²) in [5.41, 5.74) is 3.22. The van der Waals surface area contributed by atoms with Crippen molar-refractivity contribution < 1.29 is 14.7 Å². The fraction of sp³-hybridized carbons (Fsp3) is 0.111. The van der Waals surface area contributed by atoms with Gasteiger partial charge in [0.25, 0.3) is 0 Å². The maximum atomic E-state index is 12.2. The molecule has 0 spiro atoms. The predicted octanol–water partition coefficient (Wildman–Crippen LogP) is 3.33. The smallest absolute Gasteiger partial charge is 0.328 e. The molecule has 0 amide bonds. The Bertz CT molecular complexity index is 766. The number of carboxylic acids is 1. The number of aromatic nitrogens is 1. The zero-order valence-corrected chi connectivity index (χ0v) is 12.5. The number of carbonyl (C=O) groups excluding carboxylic acids is 1. The van der Waals surface area contributed by atoms with E-state index in [0.29, 0.717) is 5.56 Å². The number of allylic oxidation sites excluding steroid dienone is 1. The van der Waals surface area contributed by atoms with E-state index in [0.717, 1.165) is 22.9 Å². The topological polar surface area (TPSA) is 59.3 Å². The van der Waals surface area contributed by atoms with Crippen molar-refractivity contribution in [1.29, 1.82) is 0 Å². The molecular formula is C18H17NO3. The minimum atomic E-state index is -0.993. The van der Waals surface area contributed by atoms with Crippen molar-refractivity contribution in [3.05, 3.63) is 71.1 Å². The highest BCUT2D eigenvalue weighted by atomic mass is 16.4. The van der Waals surface area contributed by atoms with Gasteiger partial charge >= 0.3 is 5.97 Å². The Labute approximate surface area is 129 Å². The molecule has 0 atom stereocenters. The lowest BCUT2D eigenvalue weighted by Gasteiger charge is -1.99. The van der Waals surface area contributed by atoms with Gasteiger partial charge in [-0.3, -0.25) is 4.79 Å². The Morgan fingerprint density at radius 1 is 1.14 bits per heavy atom. The molecule has 22 heavy (non-hydrogen) atoms. The van der Waals surface area contributed by atoms with Gasteiger partial charge in [-0.25, -0.2) is 4.79 Å². The third-order valence-electron chi connectivity index (χ3n) is 3.30. The summed E-state index contributed by atoms with van der Waals surface area (Å²) in [7, 11) is 1.82. The summed E-state index contributed by atoms with van der Waals surface area (Å²) in [5.74, 6) is -1.04. The van der Waals surface area contributed by atoms with E-state index >= 15 is 0 Å². The third-order valence-corrected chi connectivity index (χ3v) is 3.30. The SMILES string of the molecule is Cc1ccccc1C(=O)/C=C/c1cc(/C=C/C(=O)O)n(C)c1. The van der Waals surface area contributed by atoms with Gasteiger partial charge in [-0.05, 0) is 42.3 Å². The molecule has 0 unspecified atom stereocenters. The summed E-state index contributed by atoms with van der Waals surface area (Å²) < 4.78 is 1.80. The largest absolute Gasteiger partial charge is 0.478 e. The third kappa shape index (κ3) is 3.82. The van der Waals surface area contributed by atoms with Gasteiger partial charge in [-0.15, -0.1) is 0 Å². The highest BCUT2D eigenvalue weighted by molar-refractivity contribution is 6.07. The Morgan fingerprint density at radius 2 is 1.86 bits per heavy atom. The highest BCUT2D eigenvalue weighted by Gasteiger charge is 2.05. The minimum Gasteiger partial charge on any atom is -0.478 e. The van der Waals surface area contributed by atoms with Gasteiger partial charge in [0, 0.05) is 30.6 Å². The van der Waals surface area contributed by atoms with Crippen LogP contribution in [0.4, 0.5) is 0 Å². The van der Waals surface area contributed by atoms with E-state index in [1.807, 2.05) is 44.4 Å². The molecule has 1 heterocycles. The molecule has 0 saturated heterocycles. The van der Waals surface area contributed by atoms with Crippen molar-refractivity contribution in [2.24, 2.45) is 7.05 Å². The highest BCUT2D eigenvalue weighted by Crippen LogP contribution is 2.13. The second-order valence-corrected chi connectivity index (χ2v) is 4.99. The van der Waals surface area contributed by atoms with Gasteiger partial charge in [0.15, 0.2) is 5.78 Å². The van der Waals surface area contributed by atoms with Crippen molar-refractivity contribution in [3.63, 3.8) is 0 Å². The van der Waals surface area contributed by atoms with Gasteiger partial charge in [0.2, 0.25) is 0 Å². The van der Waals surface area contributed by atoms with Crippen molar-refractivity contribution in [2.75, 3.05) is 0 Å². The second kappa shape index (κ2) is 6.72. The van der Waals surface area contributed by atoms with Gasteiger partial charge in [0.1, 0.15) is 0 Å². The Morgan fingerprint density at radius 3 is 2.55 bits per heavy atom. The van der Waals surface area contributed by atoms with Crippen LogP contribution >= 0.6 is 0 Å². The quantitative estimate of drug-likeness (QED) is 0.680. The van der Waals surface area contributed by atoms with Crippen LogP contribution in [0.5, 0.6) is 0 Å². The lowest BCUT2D eigenvalue weighted by Crippen LogP contribution is -1.96. The van der Waals surface area contributed by atoms with E-state index in [1.54, 1.807) is 16.7 Å². The molecule has 2 rings (SSSR count). The van der Waals surface area contributed by atoms with Crippen molar-refractivity contribution in [1.82, 2.24) is 4.57 Å². The van der Waals surface area contributed by atoms with E-state index in [4.69, 9.17) is 5.11 Å². The summed E-state index contributed by atoms with van der Waals surface area (Å²) >= 11 is 0. The molecule has 2 aromatic rings. The summed E-state index contributed by atoms with van der Waals surface area (Å²) in [6, 6.07) is 9.26. The molecule has 0 aliphatic carbocycles. The maximum Gasteiger partial charge on any atom is 0.328 e. The lowest BCUT2D eigenvalue weighted by molar-refractivity contribution is -0.131. The van der Waals surface area contributed by atoms with Gasteiger partial charge < -0.3 is 9.67 Å². The minimum absolute atomic E-state index is 0.0513. The molecular weight excluding hydrogens is 278 g/mol. The Kier molecular flexibility index (Phi) is 4.73. The van der Waals surface area contributed by atoms with Crippen molar-refractivity contribution in [2.45, 2.75) is 6.92 Å². The number of aryl methyl sites for hydroxylation is 2. The second-order valence-electron chi connectivity index (χ2n) is 4.99. The first kappa shape index (κ1) is 15.5. The number of aliphatic carboxylic acids is 1. The van der Waals surface area contributed by atoms with E-state index < -0.39 is 5.97 Å². The van der Waals surface area contributed by atoms with Crippen LogP contribution in [0.2, 0.25) is 0 Å². The van der Waals surface area contributed by atoms with Crippen LogP contribution in [0.1, 0.15) is 27.2 Å². The van der Waals surface area contributed by atoms with E-state index in [1.165, 1.54) is 12.2 Å². The first-order valence-corrected chi connectivity index (χ1v) is 6.83. The van der Waals surface area contributed by atoms with Gasteiger partial charge in [-0.1, -0.05) is 24.3 Å². The van der Waals surface area contributed by atoms with E-state index in [2.05, 4.69) is 0 Å². The van der Waals surface area contributed by atoms with Crippen LogP contribution < -0.4 is 0 Å². The molecule has 0 aliphatic heterocycles. The van der Waals surface area contributed by atoms with Crippen LogP contribution in [-0.4, -0.2) is 21.4 Å². The molecule has 1 aromatic heterocycles. The molecule has 0 radical (unpaired) electrons. The van der Waals surface area contributed by atoms with Crippen LogP contribution in [0.15, 0.2) is 48.7 Å². The van der Waals surface area contributed by atoms with Gasteiger partial charge in [-0.2, -0.15) is 0 Å². The number of ketones is 1. The average molecular weight is 295 g/mol. The molecule has 1 aromatic carbocycles. The number of carbonyl (C=O) groups is 2. The molecule has 1 N–H and O–H groups in total. The van der Waals surface area contributed by atoms with E-state index in [9.17, 15) is 9.59 Å². The zero-order valence-electron chi connectivity index (χ0n) is 12.5. The predicted molar refractivity (Wildman–Crippen MR) is 86.6 cm³/mol. The number of hydrogen-bond donors (Lipinski definition) is 1. The van der Waals surface area contributed by atoms with Crippen molar-refractivity contribution in [3.8, 4) is 0 Å². The number of carboxylic acid groups (broad SMARTS) is 1. The Balaban J connectivity index is 2.17. The van der Waals surface area contributed by atoms with Crippen LogP contribution in [0.3, 0.4) is 0 Å². The molecule has 0 saturated carbocycles. The van der Waals surface area contributed by atoms with Crippen LogP contribution in [0, 0.1) is 6.92 Å². The van der Waals surface area contributed by atoms with Crippen LogP contribution in [-0.2, 0) is 11.8 Å². The summed E-state index contributed by atoms with van der Waals surface area (Å²) in [6.45, 7) is 1.90. The lowest BCUT2D eigenvalue weighted by atomic mass is 10.0. The molecule has 112 valence electrons. The number of hydrogen-bond acceptors (Lipinski definition) is 2. The van der Waals surface area contributed by atoms with Gasteiger partial charge in [0.05, 0.1) is 0 Å². The zero-order chi connectivity index (χ0) is 16.1. The molecule has 4 heteroatoms. The summed E-state index contributed by atoms with van der Waals surface area (Å²) in [4.78, 5) is 22.7. The molecule has 0 fully saturated rings. The fourth-order valence-electron chi connectivity index (χ4n) is 2.13. The van der Waals surface area contributed by atoms with Crippen molar-refractivity contribution >= 4 is 23.9 Å². The number of nitrogens with zero attached hydrogens (tertiary/aromatic N) is 1. The first-order valence-electron chi connectivity index (χ1n) is 6.83. The van der Waals surface area contributed by atoms with E-state index in [-0.39, 0.29) is 5.78 Å².